The number of nitrogens with zero attached hydrogens (tertiary/aromatic N) is 2. The zero-order valence-corrected chi connectivity index (χ0v) is 12.8. The third kappa shape index (κ3) is 4.07. The van der Waals surface area contributed by atoms with E-state index in [4.69, 9.17) is 0 Å². The third-order valence-corrected chi connectivity index (χ3v) is 3.89. The molecule has 0 unspecified atom stereocenters. The molecule has 1 aromatic carbocycles. The lowest BCUT2D eigenvalue weighted by Crippen LogP contribution is -2.11. The van der Waals surface area contributed by atoms with Crippen LogP contribution < -0.4 is 5.32 Å². The fraction of sp³-hybridized carbons (Fsp3) is 0.400. The summed E-state index contributed by atoms with van der Waals surface area (Å²) >= 11 is 1.85. The predicted octanol–water partition coefficient (Wildman–Crippen LogP) is 3.27. The number of carboxylic acids is 1. The number of aromatic carboxylic acids is 1. The van der Waals surface area contributed by atoms with Crippen LogP contribution in [-0.4, -0.2) is 39.8 Å². The molecule has 0 radical (unpaired) electrons. The van der Waals surface area contributed by atoms with Crippen LogP contribution in [0.15, 0.2) is 24.3 Å². The number of thioether (sulfide) groups is 1. The van der Waals surface area contributed by atoms with E-state index in [0.717, 1.165) is 24.8 Å². The molecular weight excluding hydrogens is 286 g/mol. The van der Waals surface area contributed by atoms with E-state index < -0.39 is 5.97 Å². The second-order valence-electron chi connectivity index (χ2n) is 4.73. The zero-order valence-electron chi connectivity index (χ0n) is 12.0. The van der Waals surface area contributed by atoms with Gasteiger partial charge in [0, 0.05) is 11.9 Å². The highest BCUT2D eigenvalue weighted by molar-refractivity contribution is 7.98. The van der Waals surface area contributed by atoms with Crippen molar-refractivity contribution in [2.75, 3.05) is 23.9 Å². The fourth-order valence-electron chi connectivity index (χ4n) is 2.14. The van der Waals surface area contributed by atoms with Crippen LogP contribution in [0.3, 0.4) is 0 Å². The number of nitrogens with one attached hydrogen (secondary N) is 1. The smallest absolute Gasteiger partial charge is 0.358 e. The first-order chi connectivity index (χ1) is 10.2. The standard InChI is InChI=1S/C15H19N3O2S/c1-21-10-6-2-5-9-16-13-11-7-3-4-8-12(11)17-18-14(13)15(19)20/h3-4,7-8H,2,5-6,9-10H2,1H3,(H,16,17)(H,19,20). The van der Waals surface area contributed by atoms with E-state index >= 15 is 0 Å². The maximum Gasteiger partial charge on any atom is 0.358 e. The number of rotatable bonds is 8. The van der Waals surface area contributed by atoms with E-state index in [-0.39, 0.29) is 5.69 Å². The van der Waals surface area contributed by atoms with Gasteiger partial charge in [-0.2, -0.15) is 11.8 Å². The molecule has 0 atom stereocenters. The number of unbranched alkanes of at least 4 members (excludes halogenated alkanes) is 2. The van der Waals surface area contributed by atoms with Crippen LogP contribution in [-0.2, 0) is 0 Å². The van der Waals surface area contributed by atoms with E-state index in [2.05, 4.69) is 21.8 Å². The zero-order chi connectivity index (χ0) is 15.1. The Morgan fingerprint density at radius 2 is 2.05 bits per heavy atom. The van der Waals surface area contributed by atoms with Gasteiger partial charge in [0.25, 0.3) is 0 Å². The van der Waals surface area contributed by atoms with E-state index in [0.29, 0.717) is 11.2 Å². The number of aromatic nitrogens is 2. The molecule has 0 aliphatic carbocycles. The molecule has 2 N–H and O–H groups in total. The Bertz CT molecular complexity index is 619. The SMILES string of the molecule is CSCCCCCNc1c(C(=O)O)nnc2ccccc12. The normalized spacial score (nSPS) is 10.7. The van der Waals surface area contributed by atoms with Gasteiger partial charge in [-0.25, -0.2) is 4.79 Å². The van der Waals surface area contributed by atoms with Crippen molar-refractivity contribution in [3.63, 3.8) is 0 Å². The van der Waals surface area contributed by atoms with Crippen LogP contribution >= 0.6 is 11.8 Å². The van der Waals surface area contributed by atoms with Gasteiger partial charge in [0.1, 0.15) is 0 Å². The molecule has 2 aromatic rings. The maximum atomic E-state index is 11.3. The minimum Gasteiger partial charge on any atom is -0.476 e. The monoisotopic (exact) mass is 305 g/mol. The van der Waals surface area contributed by atoms with Crippen molar-refractivity contribution in [1.82, 2.24) is 10.2 Å². The minimum absolute atomic E-state index is 0.0159. The fourth-order valence-corrected chi connectivity index (χ4v) is 2.64. The highest BCUT2D eigenvalue weighted by Gasteiger charge is 2.15. The van der Waals surface area contributed by atoms with Gasteiger partial charge < -0.3 is 10.4 Å². The number of benzene rings is 1. The maximum absolute atomic E-state index is 11.3. The van der Waals surface area contributed by atoms with Crippen LogP contribution in [0.4, 0.5) is 5.69 Å². The minimum atomic E-state index is -1.06. The molecule has 21 heavy (non-hydrogen) atoms. The van der Waals surface area contributed by atoms with E-state index in [1.165, 1.54) is 12.2 Å². The van der Waals surface area contributed by atoms with E-state index in [9.17, 15) is 9.90 Å². The van der Waals surface area contributed by atoms with Crippen molar-refractivity contribution in [3.8, 4) is 0 Å². The molecule has 6 heteroatoms. The highest BCUT2D eigenvalue weighted by Crippen LogP contribution is 2.24. The van der Waals surface area contributed by atoms with Crippen molar-refractivity contribution >= 4 is 34.3 Å². The average Bonchev–Trinajstić information content (AvgIpc) is 2.50. The van der Waals surface area contributed by atoms with Crippen LogP contribution in [0.5, 0.6) is 0 Å². The summed E-state index contributed by atoms with van der Waals surface area (Å²) in [7, 11) is 0. The number of hydrogen-bond acceptors (Lipinski definition) is 5. The second-order valence-corrected chi connectivity index (χ2v) is 5.71. The van der Waals surface area contributed by atoms with Crippen LogP contribution in [0.25, 0.3) is 10.9 Å². The van der Waals surface area contributed by atoms with Gasteiger partial charge in [-0.05, 0) is 30.9 Å². The molecule has 0 saturated heterocycles. The summed E-state index contributed by atoms with van der Waals surface area (Å²) in [5.74, 6) is 0.110. The summed E-state index contributed by atoms with van der Waals surface area (Å²) in [6.07, 6.45) is 5.43. The Balaban J connectivity index is 2.12. The molecule has 1 heterocycles. The summed E-state index contributed by atoms with van der Waals surface area (Å²) in [5.41, 5.74) is 1.25. The van der Waals surface area contributed by atoms with Gasteiger partial charge >= 0.3 is 5.97 Å². The molecule has 1 aromatic heterocycles. The number of anilines is 1. The van der Waals surface area contributed by atoms with E-state index in [1.54, 1.807) is 0 Å². The molecule has 0 spiro atoms. The topological polar surface area (TPSA) is 75.1 Å². The first-order valence-electron chi connectivity index (χ1n) is 6.95. The quantitative estimate of drug-likeness (QED) is 0.729. The number of fused-ring (bicyclic) bond motifs is 1. The van der Waals surface area contributed by atoms with Gasteiger partial charge in [-0.15, -0.1) is 10.2 Å². The van der Waals surface area contributed by atoms with E-state index in [1.807, 2.05) is 36.0 Å². The Labute approximate surface area is 128 Å². The lowest BCUT2D eigenvalue weighted by Gasteiger charge is -2.11. The van der Waals surface area contributed by atoms with Gasteiger partial charge in [0.2, 0.25) is 0 Å². The molecule has 0 aliphatic rings. The van der Waals surface area contributed by atoms with Crippen molar-refractivity contribution in [1.29, 1.82) is 0 Å². The summed E-state index contributed by atoms with van der Waals surface area (Å²) < 4.78 is 0. The lowest BCUT2D eigenvalue weighted by molar-refractivity contribution is 0.0690. The summed E-state index contributed by atoms with van der Waals surface area (Å²) in [5, 5.41) is 21.1. The Hall–Kier alpha value is -1.82. The van der Waals surface area contributed by atoms with Crippen molar-refractivity contribution in [2.24, 2.45) is 0 Å². The van der Waals surface area contributed by atoms with Gasteiger partial charge in [-0.1, -0.05) is 24.6 Å². The molecule has 0 aliphatic heterocycles. The molecule has 5 nitrogen and oxygen atoms in total. The summed E-state index contributed by atoms with van der Waals surface area (Å²) in [4.78, 5) is 11.3. The predicted molar refractivity (Wildman–Crippen MR) is 87.2 cm³/mol. The van der Waals surface area contributed by atoms with Gasteiger partial charge in [0.15, 0.2) is 5.69 Å². The average molecular weight is 305 g/mol. The van der Waals surface area contributed by atoms with Crippen molar-refractivity contribution in [3.05, 3.63) is 30.0 Å². The molecule has 0 amide bonds. The summed E-state index contributed by atoms with van der Waals surface area (Å²) in [6.45, 7) is 0.740. The molecular formula is C15H19N3O2S. The molecule has 0 bridgehead atoms. The van der Waals surface area contributed by atoms with Crippen LogP contribution in [0.1, 0.15) is 29.8 Å². The first-order valence-corrected chi connectivity index (χ1v) is 8.35. The molecule has 112 valence electrons. The lowest BCUT2D eigenvalue weighted by atomic mass is 10.1. The molecule has 0 saturated carbocycles. The van der Waals surface area contributed by atoms with Crippen LogP contribution in [0, 0.1) is 0 Å². The number of hydrogen-bond donors (Lipinski definition) is 2. The Morgan fingerprint density at radius 1 is 1.24 bits per heavy atom. The second kappa shape index (κ2) is 7.83. The molecule has 0 fully saturated rings. The van der Waals surface area contributed by atoms with Gasteiger partial charge in [-0.3, -0.25) is 0 Å². The first kappa shape index (κ1) is 15.6. The summed E-state index contributed by atoms with van der Waals surface area (Å²) in [6, 6.07) is 7.44. The largest absolute Gasteiger partial charge is 0.476 e. The highest BCUT2D eigenvalue weighted by atomic mass is 32.2. The van der Waals surface area contributed by atoms with Crippen LogP contribution in [0.2, 0.25) is 0 Å². The third-order valence-electron chi connectivity index (χ3n) is 3.20. The van der Waals surface area contributed by atoms with Crippen molar-refractivity contribution in [2.45, 2.75) is 19.3 Å². The van der Waals surface area contributed by atoms with Crippen molar-refractivity contribution < 1.29 is 9.90 Å². The van der Waals surface area contributed by atoms with Gasteiger partial charge in [0.05, 0.1) is 11.2 Å². The number of carbonyl (C=O) groups is 1. The molecule has 2 rings (SSSR count). The Kier molecular flexibility index (Phi) is 5.80. The number of carboxylic acid groups (broad SMARTS) is 1. The Morgan fingerprint density at radius 3 is 2.81 bits per heavy atom.